The Morgan fingerprint density at radius 3 is 2.85 bits per heavy atom. The number of nitrogens with one attached hydrogen (secondary N) is 1. The van der Waals surface area contributed by atoms with Crippen molar-refractivity contribution in [2.75, 3.05) is 0 Å². The van der Waals surface area contributed by atoms with E-state index in [0.29, 0.717) is 12.1 Å². The molecular weight excluding hydrogens is 318 g/mol. The third kappa shape index (κ3) is 3.48. The molecule has 20 heavy (non-hydrogen) atoms. The smallest absolute Gasteiger partial charge is 0.255 e. The third-order valence-electron chi connectivity index (χ3n) is 3.08. The normalized spacial score (nSPS) is 10.6. The number of aromatic nitrogens is 2. The molecule has 0 saturated heterocycles. The summed E-state index contributed by atoms with van der Waals surface area (Å²) in [6.07, 6.45) is 2.52. The van der Waals surface area contributed by atoms with E-state index in [-0.39, 0.29) is 5.91 Å². The van der Waals surface area contributed by atoms with Gasteiger partial charge in [-0.25, -0.2) is 0 Å². The Bertz CT molecular complexity index is 607. The van der Waals surface area contributed by atoms with E-state index in [0.717, 1.165) is 23.0 Å². The molecule has 0 saturated carbocycles. The lowest BCUT2D eigenvalue weighted by molar-refractivity contribution is 0.0950. The molecule has 1 aromatic carbocycles. The lowest BCUT2D eigenvalue weighted by Crippen LogP contribution is -2.23. The van der Waals surface area contributed by atoms with E-state index in [1.54, 1.807) is 10.9 Å². The fourth-order valence-corrected chi connectivity index (χ4v) is 2.43. The van der Waals surface area contributed by atoms with Crippen LogP contribution in [0.25, 0.3) is 0 Å². The van der Waals surface area contributed by atoms with Crippen LogP contribution in [0.3, 0.4) is 0 Å². The quantitative estimate of drug-likeness (QED) is 0.854. The SMILES string of the molecule is CCc1nn(C)cc1C(=O)NCc1cccc(CBr)c1. The van der Waals surface area contributed by atoms with E-state index < -0.39 is 0 Å². The van der Waals surface area contributed by atoms with E-state index in [9.17, 15) is 4.79 Å². The fourth-order valence-electron chi connectivity index (χ4n) is 2.09. The minimum Gasteiger partial charge on any atom is -0.348 e. The zero-order valence-electron chi connectivity index (χ0n) is 11.7. The van der Waals surface area contributed by atoms with Gasteiger partial charge in [0.15, 0.2) is 0 Å². The predicted molar refractivity (Wildman–Crippen MR) is 82.8 cm³/mol. The molecule has 4 nitrogen and oxygen atoms in total. The number of hydrogen-bond acceptors (Lipinski definition) is 2. The largest absolute Gasteiger partial charge is 0.348 e. The van der Waals surface area contributed by atoms with Crippen LogP contribution in [-0.2, 0) is 25.3 Å². The Morgan fingerprint density at radius 2 is 2.15 bits per heavy atom. The molecule has 1 N–H and O–H groups in total. The molecule has 2 aromatic rings. The summed E-state index contributed by atoms with van der Waals surface area (Å²) in [4.78, 5) is 12.2. The van der Waals surface area contributed by atoms with Gasteiger partial charge in [0, 0.05) is 25.1 Å². The van der Waals surface area contributed by atoms with Crippen LogP contribution in [0.15, 0.2) is 30.5 Å². The highest BCUT2D eigenvalue weighted by atomic mass is 79.9. The zero-order chi connectivity index (χ0) is 14.5. The third-order valence-corrected chi connectivity index (χ3v) is 3.73. The van der Waals surface area contributed by atoms with Crippen molar-refractivity contribution in [3.8, 4) is 0 Å². The second-order valence-electron chi connectivity index (χ2n) is 4.65. The Labute approximate surface area is 127 Å². The van der Waals surface area contributed by atoms with Gasteiger partial charge in [-0.1, -0.05) is 47.1 Å². The van der Waals surface area contributed by atoms with Crippen LogP contribution in [0.4, 0.5) is 0 Å². The maximum atomic E-state index is 12.2. The predicted octanol–water partition coefficient (Wildman–Crippen LogP) is 2.81. The summed E-state index contributed by atoms with van der Waals surface area (Å²) < 4.78 is 1.68. The lowest BCUT2D eigenvalue weighted by Gasteiger charge is -2.06. The van der Waals surface area contributed by atoms with Crippen molar-refractivity contribution in [3.63, 3.8) is 0 Å². The molecule has 0 atom stereocenters. The number of carbonyl (C=O) groups is 1. The Hall–Kier alpha value is -1.62. The Kier molecular flexibility index (Phi) is 4.95. The van der Waals surface area contributed by atoms with E-state index in [1.807, 2.05) is 26.1 Å². The number of rotatable bonds is 5. The monoisotopic (exact) mass is 335 g/mol. The summed E-state index contributed by atoms with van der Waals surface area (Å²) in [5.74, 6) is -0.0702. The highest BCUT2D eigenvalue weighted by Gasteiger charge is 2.13. The number of halogens is 1. The van der Waals surface area contributed by atoms with Crippen molar-refractivity contribution in [1.82, 2.24) is 15.1 Å². The van der Waals surface area contributed by atoms with Crippen LogP contribution in [0.2, 0.25) is 0 Å². The highest BCUT2D eigenvalue weighted by molar-refractivity contribution is 9.08. The molecule has 0 aliphatic heterocycles. The number of amides is 1. The first-order valence-electron chi connectivity index (χ1n) is 6.58. The first kappa shape index (κ1) is 14.8. The van der Waals surface area contributed by atoms with E-state index in [4.69, 9.17) is 0 Å². The van der Waals surface area contributed by atoms with E-state index >= 15 is 0 Å². The molecule has 0 aliphatic carbocycles. The maximum Gasteiger partial charge on any atom is 0.255 e. The second kappa shape index (κ2) is 6.70. The van der Waals surface area contributed by atoms with E-state index in [2.05, 4.69) is 38.5 Å². The van der Waals surface area contributed by atoms with Crippen molar-refractivity contribution in [3.05, 3.63) is 52.8 Å². The lowest BCUT2D eigenvalue weighted by atomic mass is 10.1. The van der Waals surface area contributed by atoms with Gasteiger partial charge in [-0.2, -0.15) is 5.10 Å². The molecular formula is C15H18BrN3O. The van der Waals surface area contributed by atoms with E-state index in [1.165, 1.54) is 5.56 Å². The van der Waals surface area contributed by atoms with Gasteiger partial charge in [-0.15, -0.1) is 0 Å². The first-order valence-corrected chi connectivity index (χ1v) is 7.70. The molecule has 0 spiro atoms. The number of aryl methyl sites for hydroxylation is 2. The summed E-state index contributed by atoms with van der Waals surface area (Å²) in [7, 11) is 1.83. The summed E-state index contributed by atoms with van der Waals surface area (Å²) in [5, 5.41) is 8.05. The standard InChI is InChI=1S/C15H18BrN3O/c1-3-14-13(10-19(2)18-14)15(20)17-9-12-6-4-5-11(7-12)8-16/h4-7,10H,3,8-9H2,1-2H3,(H,17,20). The van der Waals surface area contributed by atoms with Crippen molar-refractivity contribution >= 4 is 21.8 Å². The molecule has 5 heteroatoms. The average Bonchev–Trinajstić information content (AvgIpc) is 2.86. The van der Waals surface area contributed by atoms with Crippen LogP contribution in [0.5, 0.6) is 0 Å². The second-order valence-corrected chi connectivity index (χ2v) is 5.21. The van der Waals surface area contributed by atoms with Gasteiger partial charge in [-0.3, -0.25) is 9.48 Å². The highest BCUT2D eigenvalue weighted by Crippen LogP contribution is 2.10. The number of hydrogen-bond donors (Lipinski definition) is 1. The molecule has 0 unspecified atom stereocenters. The fraction of sp³-hybridized carbons (Fsp3) is 0.333. The van der Waals surface area contributed by atoms with Gasteiger partial charge >= 0.3 is 0 Å². The van der Waals surface area contributed by atoms with Crippen LogP contribution < -0.4 is 5.32 Å². The topological polar surface area (TPSA) is 46.9 Å². The van der Waals surface area contributed by atoms with Crippen molar-refractivity contribution in [1.29, 1.82) is 0 Å². The number of nitrogens with zero attached hydrogens (tertiary/aromatic N) is 2. The summed E-state index contributed by atoms with van der Waals surface area (Å²) >= 11 is 3.43. The molecule has 0 bridgehead atoms. The molecule has 1 heterocycles. The molecule has 2 rings (SSSR count). The molecule has 0 radical (unpaired) electrons. The van der Waals surface area contributed by atoms with Gasteiger partial charge in [0.05, 0.1) is 11.3 Å². The number of carbonyl (C=O) groups excluding carboxylic acids is 1. The number of benzene rings is 1. The molecule has 1 amide bonds. The van der Waals surface area contributed by atoms with Crippen LogP contribution >= 0.6 is 15.9 Å². The van der Waals surface area contributed by atoms with Gasteiger partial charge in [-0.05, 0) is 17.5 Å². The Balaban J connectivity index is 2.04. The van der Waals surface area contributed by atoms with Gasteiger partial charge in [0.25, 0.3) is 5.91 Å². The van der Waals surface area contributed by atoms with Gasteiger partial charge in [0.1, 0.15) is 0 Å². The Morgan fingerprint density at radius 1 is 1.40 bits per heavy atom. The van der Waals surface area contributed by atoms with Crippen LogP contribution in [0.1, 0.15) is 34.1 Å². The maximum absolute atomic E-state index is 12.2. The minimum absolute atomic E-state index is 0.0702. The molecule has 1 aromatic heterocycles. The first-order chi connectivity index (χ1) is 9.63. The molecule has 106 valence electrons. The number of alkyl halides is 1. The van der Waals surface area contributed by atoms with Crippen molar-refractivity contribution in [2.24, 2.45) is 7.05 Å². The van der Waals surface area contributed by atoms with Gasteiger partial charge < -0.3 is 5.32 Å². The van der Waals surface area contributed by atoms with Crippen LogP contribution in [0, 0.1) is 0 Å². The summed E-state index contributed by atoms with van der Waals surface area (Å²) in [6, 6.07) is 8.14. The van der Waals surface area contributed by atoms with Crippen LogP contribution in [-0.4, -0.2) is 15.7 Å². The average molecular weight is 336 g/mol. The van der Waals surface area contributed by atoms with Crippen molar-refractivity contribution in [2.45, 2.75) is 25.2 Å². The van der Waals surface area contributed by atoms with Crippen molar-refractivity contribution < 1.29 is 4.79 Å². The molecule has 0 fully saturated rings. The minimum atomic E-state index is -0.0702. The van der Waals surface area contributed by atoms with Gasteiger partial charge in [0.2, 0.25) is 0 Å². The molecule has 0 aliphatic rings. The summed E-state index contributed by atoms with van der Waals surface area (Å²) in [5.41, 5.74) is 3.79. The zero-order valence-corrected chi connectivity index (χ0v) is 13.3. The summed E-state index contributed by atoms with van der Waals surface area (Å²) in [6.45, 7) is 2.52.